The Morgan fingerprint density at radius 3 is 1.13 bits per heavy atom. The van der Waals surface area contributed by atoms with E-state index >= 15 is 0 Å². The molecule has 0 saturated heterocycles. The monoisotopic (exact) mass is 1150 g/mol. The second kappa shape index (κ2) is 21.3. The van der Waals surface area contributed by atoms with E-state index in [1.54, 1.807) is 0 Å². The number of rotatable bonds is 9. The molecule has 424 valence electrons. The van der Waals surface area contributed by atoms with Gasteiger partial charge in [-0.15, -0.1) is 0 Å². The van der Waals surface area contributed by atoms with Crippen LogP contribution in [0.4, 0.5) is 34.1 Å². The first-order valence-corrected chi connectivity index (χ1v) is 31.4. The maximum Gasteiger partial charge on any atom is 0.252 e. The minimum atomic E-state index is -0.227. The predicted octanol–water partition coefficient (Wildman–Crippen LogP) is 21.3. The van der Waals surface area contributed by atoms with E-state index in [0.717, 1.165) is 89.8 Å². The quantitative estimate of drug-likeness (QED) is 0.133. The van der Waals surface area contributed by atoms with Crippen LogP contribution in [0.25, 0.3) is 105 Å². The third-order valence-corrected chi connectivity index (χ3v) is 18.9. The predicted molar refractivity (Wildman–Crippen MR) is 384 cm³/mol. The van der Waals surface area contributed by atoms with Crippen molar-refractivity contribution in [2.75, 3.05) is 9.80 Å². The molecule has 0 saturated carbocycles. The Labute approximate surface area is 526 Å². The summed E-state index contributed by atoms with van der Waals surface area (Å²) < 4.78 is 2.60. The molecule has 0 unspecified atom stereocenters. The van der Waals surface area contributed by atoms with Crippen LogP contribution in [0.2, 0.25) is 0 Å². The zero-order chi connectivity index (χ0) is 60.0. The van der Waals surface area contributed by atoms with Crippen LogP contribution in [-0.2, 0) is 5.41 Å². The summed E-state index contributed by atoms with van der Waals surface area (Å²) in [5.41, 5.74) is 29.0. The number of aromatic nitrogens is 1. The first-order valence-electron chi connectivity index (χ1n) is 31.4. The fraction of sp³-hybridized carbons (Fsp3) is 0.0465. The van der Waals surface area contributed by atoms with Gasteiger partial charge in [0, 0.05) is 61.2 Å². The SMILES string of the molecule is CC(C)(C)c1ccc2c(c1)c1ccc3ccccc3c1n2-c1cc2c3c(c1)N(c1c(-c4ccccc4)cccc1-c1ccccc1)c1ccc(-c4ccccc4)cc1B3c1cc(-c3ccccc3)ccc1N2c1c(-c2ccccc2)cccc1-c1ccccc1. The van der Waals surface area contributed by atoms with Gasteiger partial charge in [-0.3, -0.25) is 0 Å². The van der Waals surface area contributed by atoms with Crippen molar-refractivity contribution >= 4 is 89.8 Å². The third kappa shape index (κ3) is 8.66. The lowest BCUT2D eigenvalue weighted by Gasteiger charge is -2.46. The number of fused-ring (bicyclic) bond motifs is 9. The maximum absolute atomic E-state index is 2.67. The van der Waals surface area contributed by atoms with Crippen LogP contribution >= 0.6 is 0 Å². The summed E-state index contributed by atoms with van der Waals surface area (Å²) in [4.78, 5) is 5.34. The van der Waals surface area contributed by atoms with Crippen LogP contribution in [-0.4, -0.2) is 11.3 Å². The van der Waals surface area contributed by atoms with Gasteiger partial charge in [-0.2, -0.15) is 0 Å². The second-order valence-electron chi connectivity index (χ2n) is 25.1. The van der Waals surface area contributed by atoms with Crippen molar-refractivity contribution in [1.82, 2.24) is 4.57 Å². The molecule has 0 fully saturated rings. The van der Waals surface area contributed by atoms with E-state index in [1.807, 2.05) is 0 Å². The molecule has 17 rings (SSSR count). The lowest BCUT2D eigenvalue weighted by atomic mass is 9.33. The highest BCUT2D eigenvalue weighted by molar-refractivity contribution is 7.00. The van der Waals surface area contributed by atoms with Gasteiger partial charge in [0.05, 0.1) is 28.1 Å². The van der Waals surface area contributed by atoms with Crippen LogP contribution in [0, 0.1) is 0 Å². The topological polar surface area (TPSA) is 11.4 Å². The second-order valence-corrected chi connectivity index (χ2v) is 25.1. The van der Waals surface area contributed by atoms with Crippen molar-refractivity contribution in [3.8, 4) is 72.4 Å². The molecular weight excluding hydrogens is 1090 g/mol. The fourth-order valence-electron chi connectivity index (χ4n) is 14.7. The summed E-state index contributed by atoms with van der Waals surface area (Å²) in [5, 5.41) is 4.88. The van der Waals surface area contributed by atoms with Crippen molar-refractivity contribution in [3.63, 3.8) is 0 Å². The number of hydrogen-bond donors (Lipinski definition) is 0. The standard InChI is InChI=1S/C86H62BN3/c1-86(2,3)66-47-51-77-74(54-66)73-48-44-63-38-22-23-39-68(63)85(73)88(77)67-55-80-82-81(56-67)90(84-71(61-34-18-8-19-35-61)42-25-43-72(84)62-36-20-9-21-37-62)79-50-46-65(58-28-12-5-13-29-58)53-76(79)87(82)75-52-64(57-26-10-4-11-27-57)45-49-78(75)89(80)83-69(59-30-14-6-15-31-59)40-24-41-70(83)60-32-16-7-17-33-60/h4-56H,1-3H3. The third-order valence-electron chi connectivity index (χ3n) is 18.9. The molecule has 2 aliphatic heterocycles. The summed E-state index contributed by atoms with van der Waals surface area (Å²) in [5.74, 6) is 0. The van der Waals surface area contributed by atoms with E-state index in [0.29, 0.717) is 0 Å². The van der Waals surface area contributed by atoms with E-state index in [4.69, 9.17) is 0 Å². The molecule has 1 aromatic heterocycles. The highest BCUT2D eigenvalue weighted by Gasteiger charge is 2.46. The first kappa shape index (κ1) is 53.1. The Bertz CT molecular complexity index is 4910. The number of nitrogens with zero attached hydrogens (tertiary/aromatic N) is 3. The molecule has 0 radical (unpaired) electrons. The summed E-state index contributed by atoms with van der Waals surface area (Å²) in [6.45, 7) is 6.75. The Balaban J connectivity index is 1.09. The molecule has 3 heterocycles. The molecule has 0 aliphatic carbocycles. The molecule has 3 nitrogen and oxygen atoms in total. The van der Waals surface area contributed by atoms with E-state index in [-0.39, 0.29) is 12.1 Å². The van der Waals surface area contributed by atoms with Gasteiger partial charge in [0.15, 0.2) is 0 Å². The first-order chi connectivity index (χ1) is 44.3. The molecule has 0 spiro atoms. The van der Waals surface area contributed by atoms with E-state index in [1.165, 1.54) is 71.3 Å². The molecular formula is C86H62BN3. The van der Waals surface area contributed by atoms with Gasteiger partial charge in [-0.25, -0.2) is 0 Å². The number of benzene rings is 14. The number of hydrogen-bond acceptors (Lipinski definition) is 2. The summed E-state index contributed by atoms with van der Waals surface area (Å²) >= 11 is 0. The van der Waals surface area contributed by atoms with Crippen LogP contribution in [0.5, 0.6) is 0 Å². The van der Waals surface area contributed by atoms with Crippen LogP contribution in [0.3, 0.4) is 0 Å². The molecule has 15 aromatic rings. The minimum Gasteiger partial charge on any atom is -0.310 e. The minimum absolute atomic E-state index is 0.0712. The summed E-state index contributed by atoms with van der Waals surface area (Å²) in [6.07, 6.45) is 0. The van der Waals surface area contributed by atoms with Gasteiger partial charge in [0.25, 0.3) is 6.71 Å². The lowest BCUT2D eigenvalue weighted by Crippen LogP contribution is -2.61. The normalized spacial score (nSPS) is 12.5. The van der Waals surface area contributed by atoms with E-state index in [9.17, 15) is 0 Å². The molecule has 0 amide bonds. The number of anilines is 6. The Morgan fingerprint density at radius 2 is 0.700 bits per heavy atom. The Morgan fingerprint density at radius 1 is 0.289 bits per heavy atom. The highest BCUT2D eigenvalue weighted by atomic mass is 15.2. The summed E-state index contributed by atoms with van der Waals surface area (Å²) in [6, 6.07) is 120. The fourth-order valence-corrected chi connectivity index (χ4v) is 14.7. The van der Waals surface area contributed by atoms with Gasteiger partial charge in [-0.1, -0.05) is 306 Å². The van der Waals surface area contributed by atoms with Crippen LogP contribution in [0.15, 0.2) is 322 Å². The average molecular weight is 1150 g/mol. The van der Waals surface area contributed by atoms with Crippen LogP contribution in [0.1, 0.15) is 26.3 Å². The van der Waals surface area contributed by atoms with Crippen molar-refractivity contribution in [2.45, 2.75) is 26.2 Å². The molecule has 0 N–H and O–H groups in total. The van der Waals surface area contributed by atoms with Gasteiger partial charge in [0.2, 0.25) is 0 Å². The molecule has 14 aromatic carbocycles. The van der Waals surface area contributed by atoms with E-state index < -0.39 is 0 Å². The summed E-state index contributed by atoms with van der Waals surface area (Å²) in [7, 11) is 0. The van der Waals surface area contributed by atoms with Crippen molar-refractivity contribution in [1.29, 1.82) is 0 Å². The number of para-hydroxylation sites is 2. The molecule has 0 bridgehead atoms. The molecule has 2 aliphatic rings. The smallest absolute Gasteiger partial charge is 0.252 e. The van der Waals surface area contributed by atoms with Crippen molar-refractivity contribution in [2.24, 2.45) is 0 Å². The van der Waals surface area contributed by atoms with Gasteiger partial charge < -0.3 is 14.4 Å². The average Bonchev–Trinajstić information content (AvgIpc) is 0.818. The van der Waals surface area contributed by atoms with Crippen molar-refractivity contribution in [3.05, 3.63) is 327 Å². The zero-order valence-corrected chi connectivity index (χ0v) is 50.5. The molecule has 0 atom stereocenters. The largest absolute Gasteiger partial charge is 0.310 e. The van der Waals surface area contributed by atoms with Crippen LogP contribution < -0.4 is 26.2 Å². The lowest BCUT2D eigenvalue weighted by molar-refractivity contribution is 0.591. The highest BCUT2D eigenvalue weighted by Crippen LogP contribution is 2.54. The van der Waals surface area contributed by atoms with Gasteiger partial charge in [-0.05, 0) is 114 Å². The molecule has 4 heteroatoms. The Kier molecular flexibility index (Phi) is 12.6. The zero-order valence-electron chi connectivity index (χ0n) is 50.5. The van der Waals surface area contributed by atoms with Gasteiger partial charge >= 0.3 is 0 Å². The van der Waals surface area contributed by atoms with E-state index in [2.05, 4.69) is 357 Å². The van der Waals surface area contributed by atoms with Gasteiger partial charge in [0.1, 0.15) is 0 Å². The Hall–Kier alpha value is -11.2. The van der Waals surface area contributed by atoms with Crippen molar-refractivity contribution < 1.29 is 0 Å². The maximum atomic E-state index is 2.67. The molecule has 90 heavy (non-hydrogen) atoms.